The number of carbonyl (C=O) groups excluding carboxylic acids is 1. The Morgan fingerprint density at radius 3 is 3.00 bits per heavy atom. The van der Waals surface area contributed by atoms with Crippen LogP contribution in [0.25, 0.3) is 10.9 Å². The fraction of sp³-hybridized carbons (Fsp3) is 0.400. The number of ether oxygens (including phenoxy) is 1. The Morgan fingerprint density at radius 2 is 2.11 bits per heavy atom. The van der Waals surface area contributed by atoms with E-state index in [-0.39, 0.29) is 5.97 Å². The second-order valence-electron chi connectivity index (χ2n) is 6.63. The molecule has 1 aliphatic rings. The molecule has 7 heteroatoms. The molecule has 0 saturated carbocycles. The quantitative estimate of drug-likeness (QED) is 0.698. The molecule has 3 heterocycles. The predicted molar refractivity (Wildman–Crippen MR) is 103 cm³/mol. The van der Waals surface area contributed by atoms with Gasteiger partial charge in [-0.25, -0.2) is 4.79 Å². The van der Waals surface area contributed by atoms with Gasteiger partial charge in [0, 0.05) is 24.5 Å². The average Bonchev–Trinajstić information content (AvgIpc) is 2.92. The number of rotatable bonds is 5. The molecule has 0 spiro atoms. The van der Waals surface area contributed by atoms with Crippen molar-refractivity contribution >= 4 is 22.6 Å². The molecule has 27 heavy (non-hydrogen) atoms. The molecule has 0 amide bonds. The lowest BCUT2D eigenvalue weighted by atomic mass is 10.1. The topological polar surface area (TPSA) is 81.9 Å². The van der Waals surface area contributed by atoms with Gasteiger partial charge in [0.05, 0.1) is 24.4 Å². The summed E-state index contributed by atoms with van der Waals surface area (Å²) in [6.07, 6.45) is 6.07. The number of hydrogen-bond donors (Lipinski definition) is 1. The maximum atomic E-state index is 12.4. The largest absolute Gasteiger partial charge is 0.462 e. The third kappa shape index (κ3) is 3.49. The maximum absolute atomic E-state index is 12.4. The van der Waals surface area contributed by atoms with Gasteiger partial charge in [-0.1, -0.05) is 24.6 Å². The summed E-state index contributed by atoms with van der Waals surface area (Å²) in [5.74, 6) is 1.57. The van der Waals surface area contributed by atoms with Crippen LogP contribution in [0.2, 0.25) is 0 Å². The molecule has 0 unspecified atom stereocenters. The van der Waals surface area contributed by atoms with Gasteiger partial charge in [0.1, 0.15) is 11.4 Å². The summed E-state index contributed by atoms with van der Waals surface area (Å²) in [5.41, 5.74) is 1.99. The summed E-state index contributed by atoms with van der Waals surface area (Å²) in [5, 5.41) is 13.0. The first-order valence-electron chi connectivity index (χ1n) is 9.47. The zero-order valence-electron chi connectivity index (χ0n) is 15.4. The molecule has 0 fully saturated rings. The van der Waals surface area contributed by atoms with Crippen LogP contribution in [0.5, 0.6) is 0 Å². The van der Waals surface area contributed by atoms with E-state index in [0.717, 1.165) is 54.0 Å². The molecule has 0 aliphatic carbocycles. The van der Waals surface area contributed by atoms with E-state index in [1.54, 1.807) is 13.1 Å². The highest BCUT2D eigenvalue weighted by Gasteiger charge is 2.19. The molecule has 0 radical (unpaired) electrons. The van der Waals surface area contributed by atoms with Crippen molar-refractivity contribution in [2.24, 2.45) is 0 Å². The Kier molecular flexibility index (Phi) is 5.00. The lowest BCUT2D eigenvalue weighted by Gasteiger charge is -2.14. The number of para-hydroxylation sites is 1. The Bertz CT molecular complexity index is 966. The zero-order valence-corrected chi connectivity index (χ0v) is 15.4. The average molecular weight is 365 g/mol. The molecule has 0 bridgehead atoms. The molecule has 7 nitrogen and oxygen atoms in total. The lowest BCUT2D eigenvalue weighted by molar-refractivity contribution is 0.0527. The van der Waals surface area contributed by atoms with Gasteiger partial charge < -0.3 is 14.6 Å². The molecule has 3 aromatic rings. The summed E-state index contributed by atoms with van der Waals surface area (Å²) in [6, 6.07) is 7.76. The Labute approximate surface area is 157 Å². The van der Waals surface area contributed by atoms with Gasteiger partial charge in [-0.2, -0.15) is 0 Å². The highest BCUT2D eigenvalue weighted by molar-refractivity contribution is 6.04. The normalized spacial score (nSPS) is 13.8. The van der Waals surface area contributed by atoms with Gasteiger partial charge in [-0.3, -0.25) is 4.98 Å². The van der Waals surface area contributed by atoms with Gasteiger partial charge in [-0.05, 0) is 25.8 Å². The van der Waals surface area contributed by atoms with Crippen LogP contribution >= 0.6 is 0 Å². The third-order valence-corrected chi connectivity index (χ3v) is 4.88. The van der Waals surface area contributed by atoms with E-state index in [1.165, 1.54) is 6.42 Å². The summed E-state index contributed by atoms with van der Waals surface area (Å²) in [7, 11) is 0. The molecule has 1 N–H and O–H groups in total. The summed E-state index contributed by atoms with van der Waals surface area (Å²) < 4.78 is 7.41. The number of pyridine rings is 1. The number of anilines is 1. The fourth-order valence-electron chi connectivity index (χ4n) is 3.54. The molecule has 0 atom stereocenters. The van der Waals surface area contributed by atoms with Crippen LogP contribution in [-0.2, 0) is 24.2 Å². The van der Waals surface area contributed by atoms with Crippen molar-refractivity contribution in [1.82, 2.24) is 19.7 Å². The van der Waals surface area contributed by atoms with Crippen molar-refractivity contribution in [1.29, 1.82) is 0 Å². The van der Waals surface area contributed by atoms with E-state index >= 15 is 0 Å². The number of nitrogens with zero attached hydrogens (tertiary/aromatic N) is 4. The molecule has 2 aromatic heterocycles. The van der Waals surface area contributed by atoms with Crippen molar-refractivity contribution in [2.45, 2.75) is 45.7 Å². The number of esters is 1. The van der Waals surface area contributed by atoms with Gasteiger partial charge >= 0.3 is 5.97 Å². The van der Waals surface area contributed by atoms with Crippen LogP contribution in [-0.4, -0.2) is 32.3 Å². The van der Waals surface area contributed by atoms with E-state index in [0.29, 0.717) is 18.7 Å². The number of hydrogen-bond acceptors (Lipinski definition) is 6. The van der Waals surface area contributed by atoms with Crippen LogP contribution < -0.4 is 5.32 Å². The second kappa shape index (κ2) is 7.73. The van der Waals surface area contributed by atoms with Crippen LogP contribution in [0.3, 0.4) is 0 Å². The summed E-state index contributed by atoms with van der Waals surface area (Å²) in [6.45, 7) is 3.56. The number of aryl methyl sites for hydroxylation is 1. The van der Waals surface area contributed by atoms with Crippen molar-refractivity contribution in [3.8, 4) is 0 Å². The van der Waals surface area contributed by atoms with Crippen molar-refractivity contribution < 1.29 is 9.53 Å². The molecule has 140 valence electrons. The minimum absolute atomic E-state index is 0.322. The number of benzene rings is 1. The van der Waals surface area contributed by atoms with Gasteiger partial charge in [0.25, 0.3) is 0 Å². The van der Waals surface area contributed by atoms with Crippen molar-refractivity contribution in [3.63, 3.8) is 0 Å². The minimum atomic E-state index is -0.377. The number of carbonyl (C=O) groups is 1. The van der Waals surface area contributed by atoms with E-state index in [9.17, 15) is 4.79 Å². The Morgan fingerprint density at radius 1 is 1.22 bits per heavy atom. The standard InChI is InChI=1S/C20H23N5O2/c1-2-27-20(26)15-12-21-16-9-6-5-8-14(16)19(15)22-13-18-24-23-17-10-4-3-7-11-25(17)18/h5-6,8-9,12H,2-4,7,10-11,13H2,1H3,(H,21,22). The van der Waals surface area contributed by atoms with Crippen molar-refractivity contribution in [3.05, 3.63) is 47.7 Å². The molecular formula is C20H23N5O2. The van der Waals surface area contributed by atoms with E-state index in [1.807, 2.05) is 24.3 Å². The Balaban J connectivity index is 1.67. The summed E-state index contributed by atoms with van der Waals surface area (Å²) in [4.78, 5) is 16.8. The first-order chi connectivity index (χ1) is 13.3. The number of aromatic nitrogens is 4. The highest BCUT2D eigenvalue weighted by Crippen LogP contribution is 2.27. The van der Waals surface area contributed by atoms with Crippen LogP contribution in [0.4, 0.5) is 5.69 Å². The van der Waals surface area contributed by atoms with Crippen LogP contribution in [0.1, 0.15) is 48.2 Å². The van der Waals surface area contributed by atoms with E-state index in [2.05, 4.69) is 25.1 Å². The van der Waals surface area contributed by atoms with Gasteiger partial charge in [0.15, 0.2) is 5.82 Å². The monoisotopic (exact) mass is 365 g/mol. The first-order valence-corrected chi connectivity index (χ1v) is 9.47. The third-order valence-electron chi connectivity index (χ3n) is 4.88. The maximum Gasteiger partial charge on any atom is 0.341 e. The van der Waals surface area contributed by atoms with Gasteiger partial charge in [0.2, 0.25) is 0 Å². The van der Waals surface area contributed by atoms with Crippen molar-refractivity contribution in [2.75, 3.05) is 11.9 Å². The second-order valence-corrected chi connectivity index (χ2v) is 6.63. The van der Waals surface area contributed by atoms with E-state index in [4.69, 9.17) is 4.74 Å². The Hall–Kier alpha value is -2.96. The molecule has 1 aromatic carbocycles. The highest BCUT2D eigenvalue weighted by atomic mass is 16.5. The fourth-order valence-corrected chi connectivity index (χ4v) is 3.54. The summed E-state index contributed by atoms with van der Waals surface area (Å²) >= 11 is 0. The SMILES string of the molecule is CCOC(=O)c1cnc2ccccc2c1NCc1nnc2n1CCCCC2. The van der Waals surface area contributed by atoms with Crippen LogP contribution in [0.15, 0.2) is 30.5 Å². The van der Waals surface area contributed by atoms with Gasteiger partial charge in [-0.15, -0.1) is 10.2 Å². The lowest BCUT2D eigenvalue weighted by Crippen LogP contribution is -2.14. The molecule has 0 saturated heterocycles. The van der Waals surface area contributed by atoms with Crippen LogP contribution in [0, 0.1) is 0 Å². The minimum Gasteiger partial charge on any atom is -0.462 e. The first kappa shape index (κ1) is 17.5. The molecule has 1 aliphatic heterocycles. The molecular weight excluding hydrogens is 342 g/mol. The van der Waals surface area contributed by atoms with E-state index < -0.39 is 0 Å². The number of nitrogens with one attached hydrogen (secondary N) is 1. The number of fused-ring (bicyclic) bond motifs is 2. The smallest absolute Gasteiger partial charge is 0.341 e. The zero-order chi connectivity index (χ0) is 18.6. The predicted octanol–water partition coefficient (Wildman–Crippen LogP) is 3.34. The molecule has 4 rings (SSSR count).